The van der Waals surface area contributed by atoms with E-state index in [1.54, 1.807) is 6.20 Å². The predicted octanol–water partition coefficient (Wildman–Crippen LogP) is 2.73. The summed E-state index contributed by atoms with van der Waals surface area (Å²) < 4.78 is 33.4. The summed E-state index contributed by atoms with van der Waals surface area (Å²) in [6.45, 7) is 6.99. The van der Waals surface area contributed by atoms with Gasteiger partial charge in [-0.15, -0.1) is 0 Å². The van der Waals surface area contributed by atoms with E-state index in [-0.39, 0.29) is 10.9 Å². The van der Waals surface area contributed by atoms with Gasteiger partial charge in [0.15, 0.2) is 0 Å². The van der Waals surface area contributed by atoms with Crippen LogP contribution in [0, 0.1) is 5.92 Å². The minimum absolute atomic E-state index is 0.0330. The van der Waals surface area contributed by atoms with Crippen LogP contribution in [-0.2, 0) is 33.4 Å². The summed E-state index contributed by atoms with van der Waals surface area (Å²) >= 11 is 0. The van der Waals surface area contributed by atoms with E-state index in [9.17, 15) is 8.42 Å². The van der Waals surface area contributed by atoms with E-state index in [1.807, 2.05) is 34.9 Å². The molecule has 1 fully saturated rings. The molecule has 1 aliphatic heterocycles. The van der Waals surface area contributed by atoms with Gasteiger partial charge in [0.2, 0.25) is 15.0 Å². The molecule has 3 rings (SSSR count). The van der Waals surface area contributed by atoms with Gasteiger partial charge in [0, 0.05) is 25.7 Å². The Balaban J connectivity index is 1.87. The van der Waals surface area contributed by atoms with E-state index in [4.69, 9.17) is 4.74 Å². The van der Waals surface area contributed by atoms with Gasteiger partial charge >= 0.3 is 0 Å². The van der Waals surface area contributed by atoms with Crippen molar-refractivity contribution in [2.45, 2.75) is 50.3 Å². The number of hydrogen-bond donors (Lipinski definition) is 0. The van der Waals surface area contributed by atoms with Crippen molar-refractivity contribution in [3.63, 3.8) is 0 Å². The van der Waals surface area contributed by atoms with Crippen LogP contribution in [0.5, 0.6) is 0 Å². The lowest BCUT2D eigenvalue weighted by molar-refractivity contribution is 0.154. The molecule has 1 saturated heterocycles. The number of benzene rings is 1. The number of hydrogen-bond acceptors (Lipinski definition) is 5. The fourth-order valence-corrected chi connectivity index (χ4v) is 4.94. The van der Waals surface area contributed by atoms with E-state index in [0.717, 1.165) is 30.9 Å². The summed E-state index contributed by atoms with van der Waals surface area (Å²) in [5.41, 5.74) is 1.71. The van der Waals surface area contributed by atoms with Crippen LogP contribution in [0.2, 0.25) is 0 Å². The molecule has 1 aliphatic rings. The summed E-state index contributed by atoms with van der Waals surface area (Å²) in [6.07, 6.45) is 2.72. The van der Waals surface area contributed by atoms with Crippen molar-refractivity contribution in [2.24, 2.45) is 5.92 Å². The average molecular weight is 392 g/mol. The molecule has 0 unspecified atom stereocenters. The van der Waals surface area contributed by atoms with E-state index in [2.05, 4.69) is 30.8 Å². The van der Waals surface area contributed by atoms with Crippen molar-refractivity contribution in [2.75, 3.05) is 20.3 Å². The van der Waals surface area contributed by atoms with Gasteiger partial charge in [-0.05, 0) is 24.9 Å². The van der Waals surface area contributed by atoms with Crippen LogP contribution in [0.4, 0.5) is 0 Å². The third-order valence-corrected chi connectivity index (χ3v) is 6.46. The summed E-state index contributed by atoms with van der Waals surface area (Å²) in [7, 11) is -1.46. The maximum absolute atomic E-state index is 13.0. The van der Waals surface area contributed by atoms with Gasteiger partial charge in [0.1, 0.15) is 0 Å². The topological polar surface area (TPSA) is 64.4 Å². The smallest absolute Gasteiger partial charge is 0.228 e. The summed E-state index contributed by atoms with van der Waals surface area (Å²) in [5, 5.41) is 0.172. The molecular weight excluding hydrogens is 362 g/mol. The molecule has 6 nitrogen and oxygen atoms in total. The van der Waals surface area contributed by atoms with Gasteiger partial charge < -0.3 is 9.30 Å². The predicted molar refractivity (Wildman–Crippen MR) is 105 cm³/mol. The van der Waals surface area contributed by atoms with Crippen LogP contribution in [0.25, 0.3) is 0 Å². The normalized spacial score (nSPS) is 17.9. The van der Waals surface area contributed by atoms with Crippen LogP contribution < -0.4 is 0 Å². The van der Waals surface area contributed by atoms with E-state index < -0.39 is 9.84 Å². The molecule has 0 radical (unpaired) electrons. The molecule has 0 amide bonds. The molecule has 0 aliphatic carbocycles. The quantitative estimate of drug-likeness (QED) is 0.692. The lowest BCUT2D eigenvalue weighted by Gasteiger charge is -2.24. The molecule has 2 aromatic rings. The minimum atomic E-state index is -3.51. The number of ether oxygens (including phenoxy) is 1. The maximum Gasteiger partial charge on any atom is 0.228 e. The first kappa shape index (κ1) is 20.0. The second-order valence-corrected chi connectivity index (χ2v) is 9.60. The fourth-order valence-electron chi connectivity index (χ4n) is 3.44. The van der Waals surface area contributed by atoms with Gasteiger partial charge in [0.25, 0.3) is 0 Å². The second kappa shape index (κ2) is 8.54. The molecule has 1 aromatic carbocycles. The first-order valence-corrected chi connectivity index (χ1v) is 11.1. The van der Waals surface area contributed by atoms with E-state index >= 15 is 0 Å². The molecular formula is C20H29N3O3S. The van der Waals surface area contributed by atoms with Crippen molar-refractivity contribution in [3.05, 3.63) is 47.8 Å². The Kier molecular flexibility index (Phi) is 6.34. The molecule has 0 saturated carbocycles. The minimum Gasteiger partial charge on any atom is -0.380 e. The van der Waals surface area contributed by atoms with E-state index in [0.29, 0.717) is 25.0 Å². The number of nitrogens with zero attached hydrogens (tertiary/aromatic N) is 3. The molecule has 148 valence electrons. The lowest BCUT2D eigenvalue weighted by Crippen LogP contribution is -2.32. The summed E-state index contributed by atoms with van der Waals surface area (Å²) in [4.78, 5) is 6.56. The van der Waals surface area contributed by atoms with Crippen LogP contribution in [0.15, 0.2) is 41.7 Å². The first-order valence-electron chi connectivity index (χ1n) is 9.46. The van der Waals surface area contributed by atoms with E-state index in [1.165, 1.54) is 0 Å². The van der Waals surface area contributed by atoms with Gasteiger partial charge in [0.05, 0.1) is 24.3 Å². The molecule has 0 N–H and O–H groups in total. The number of sulfone groups is 1. The second-order valence-electron chi connectivity index (χ2n) is 7.71. The van der Waals surface area contributed by atoms with Crippen LogP contribution in [0.1, 0.15) is 31.5 Å². The molecule has 27 heavy (non-hydrogen) atoms. The van der Waals surface area contributed by atoms with Crippen molar-refractivity contribution >= 4 is 9.84 Å². The summed E-state index contributed by atoms with van der Waals surface area (Å²) in [6, 6.07) is 9.64. The Bertz CT molecular complexity index is 841. The van der Waals surface area contributed by atoms with Gasteiger partial charge in [-0.3, -0.25) is 4.90 Å². The van der Waals surface area contributed by atoms with Gasteiger partial charge in [-0.25, -0.2) is 13.4 Å². The highest BCUT2D eigenvalue weighted by atomic mass is 32.2. The van der Waals surface area contributed by atoms with Crippen molar-refractivity contribution in [1.82, 2.24) is 14.5 Å². The molecule has 1 atom stereocenters. The van der Waals surface area contributed by atoms with Crippen molar-refractivity contribution in [1.29, 1.82) is 0 Å². The zero-order chi connectivity index (χ0) is 19.4. The van der Waals surface area contributed by atoms with Gasteiger partial charge in [-0.2, -0.15) is 0 Å². The largest absolute Gasteiger partial charge is 0.380 e. The summed E-state index contributed by atoms with van der Waals surface area (Å²) in [5.74, 6) is 0.290. The highest BCUT2D eigenvalue weighted by Gasteiger charge is 2.26. The first-order chi connectivity index (χ1) is 12.9. The zero-order valence-electron chi connectivity index (χ0n) is 16.3. The number of rotatable bonds is 8. The zero-order valence-corrected chi connectivity index (χ0v) is 17.2. The number of imidazole rings is 1. The average Bonchev–Trinajstić information content (AvgIpc) is 3.26. The van der Waals surface area contributed by atoms with Gasteiger partial charge in [-0.1, -0.05) is 44.2 Å². The highest BCUT2D eigenvalue weighted by Crippen LogP contribution is 2.21. The monoisotopic (exact) mass is 391 g/mol. The standard InChI is InChI=1S/C20H29N3O3S/c1-16(2)12-23-19(13-22(3)18-9-10-26-14-18)11-21-20(23)27(24,25)15-17-7-5-4-6-8-17/h4-8,11,16,18H,9-10,12-15H2,1-3H3/t18-/m1/s1. The highest BCUT2D eigenvalue weighted by molar-refractivity contribution is 7.90. The Morgan fingerprint density at radius 2 is 2.04 bits per heavy atom. The third-order valence-electron chi connectivity index (χ3n) is 4.87. The lowest BCUT2D eigenvalue weighted by atomic mass is 10.2. The maximum atomic E-state index is 13.0. The Morgan fingerprint density at radius 1 is 1.30 bits per heavy atom. The molecule has 7 heteroatoms. The number of likely N-dealkylation sites (N-methyl/N-ethyl adjacent to an activating group) is 1. The van der Waals surface area contributed by atoms with Crippen LogP contribution in [0.3, 0.4) is 0 Å². The molecule has 0 bridgehead atoms. The molecule has 2 heterocycles. The Labute approximate surface area is 162 Å². The fraction of sp³-hybridized carbons (Fsp3) is 0.550. The molecule has 1 aromatic heterocycles. The molecule has 0 spiro atoms. The number of aromatic nitrogens is 2. The SMILES string of the molecule is CC(C)Cn1c(CN(C)[C@@H]2CCOC2)cnc1S(=O)(=O)Cc1ccccc1. The Morgan fingerprint density at radius 3 is 2.67 bits per heavy atom. The van der Waals surface area contributed by atoms with Crippen LogP contribution >= 0.6 is 0 Å². The third kappa shape index (κ3) is 4.97. The van der Waals surface area contributed by atoms with Crippen LogP contribution in [-0.4, -0.2) is 49.2 Å². The Hall–Kier alpha value is -1.70. The van der Waals surface area contributed by atoms with Crippen molar-refractivity contribution < 1.29 is 13.2 Å². The van der Waals surface area contributed by atoms with Crippen molar-refractivity contribution in [3.8, 4) is 0 Å².